The third kappa shape index (κ3) is 63.0. The highest BCUT2D eigenvalue weighted by Crippen LogP contribution is 2.19. The fourth-order valence-corrected chi connectivity index (χ4v) is 10.8. The van der Waals surface area contributed by atoms with Crippen LogP contribution in [-0.2, 0) is 28.6 Å². The van der Waals surface area contributed by atoms with Crippen LogP contribution in [0.15, 0.2) is 12.2 Å². The number of esters is 3. The average molecular weight is 1070 g/mol. The van der Waals surface area contributed by atoms with Gasteiger partial charge in [0.15, 0.2) is 6.10 Å². The summed E-state index contributed by atoms with van der Waals surface area (Å²) in [5.41, 5.74) is 0. The molecule has 0 heterocycles. The van der Waals surface area contributed by atoms with E-state index < -0.39 is 6.10 Å². The molecule has 1 atom stereocenters. The summed E-state index contributed by atoms with van der Waals surface area (Å²) < 4.78 is 17.0. The van der Waals surface area contributed by atoms with Crippen molar-refractivity contribution in [3.63, 3.8) is 0 Å². The number of hydrogen-bond acceptors (Lipinski definition) is 6. The largest absolute Gasteiger partial charge is 0.462 e. The molecule has 0 saturated heterocycles. The molecule has 0 N–H and O–H groups in total. The van der Waals surface area contributed by atoms with Crippen LogP contribution < -0.4 is 0 Å². The normalized spacial score (nSPS) is 12.0. The van der Waals surface area contributed by atoms with E-state index >= 15 is 0 Å². The van der Waals surface area contributed by atoms with E-state index in [2.05, 4.69) is 32.9 Å². The Morgan fingerprint density at radius 2 is 0.434 bits per heavy atom. The highest BCUT2D eigenvalue weighted by Gasteiger charge is 2.19. The fourth-order valence-electron chi connectivity index (χ4n) is 10.8. The van der Waals surface area contributed by atoms with E-state index in [1.807, 2.05) is 0 Å². The van der Waals surface area contributed by atoms with Crippen molar-refractivity contribution in [2.45, 2.75) is 406 Å². The molecule has 0 spiro atoms. The van der Waals surface area contributed by atoms with Crippen molar-refractivity contribution in [2.24, 2.45) is 0 Å². The van der Waals surface area contributed by atoms with Crippen LogP contribution in [0, 0.1) is 0 Å². The summed E-state index contributed by atoms with van der Waals surface area (Å²) in [6.07, 6.45) is 78.2. The molecule has 0 aromatic rings. The summed E-state index contributed by atoms with van der Waals surface area (Å²) in [5, 5.41) is 0. The first kappa shape index (κ1) is 74.2. The van der Waals surface area contributed by atoms with Crippen molar-refractivity contribution < 1.29 is 28.6 Å². The summed E-state index contributed by atoms with van der Waals surface area (Å²) in [6.45, 7) is 6.72. The van der Waals surface area contributed by atoms with Gasteiger partial charge in [0.25, 0.3) is 0 Å². The van der Waals surface area contributed by atoms with Crippen LogP contribution in [0.5, 0.6) is 0 Å². The zero-order valence-electron chi connectivity index (χ0n) is 51.8. The number of allylic oxidation sites excluding steroid dienone is 2. The van der Waals surface area contributed by atoms with Crippen LogP contribution in [0.25, 0.3) is 0 Å². The molecule has 0 fully saturated rings. The van der Waals surface area contributed by atoms with E-state index in [-0.39, 0.29) is 31.1 Å². The number of carbonyl (C=O) groups excluding carboxylic acids is 3. The monoisotopic (exact) mass is 1070 g/mol. The molecule has 0 bridgehead atoms. The summed E-state index contributed by atoms with van der Waals surface area (Å²) in [7, 11) is 0. The molecule has 76 heavy (non-hydrogen) atoms. The number of hydrogen-bond donors (Lipinski definition) is 0. The van der Waals surface area contributed by atoms with Gasteiger partial charge in [-0.25, -0.2) is 0 Å². The van der Waals surface area contributed by atoms with E-state index in [1.54, 1.807) is 0 Å². The van der Waals surface area contributed by atoms with Crippen molar-refractivity contribution in [2.75, 3.05) is 13.2 Å². The second-order valence-corrected chi connectivity index (χ2v) is 23.8. The summed E-state index contributed by atoms with van der Waals surface area (Å²) in [5.74, 6) is -0.829. The van der Waals surface area contributed by atoms with Gasteiger partial charge in [-0.1, -0.05) is 348 Å². The van der Waals surface area contributed by atoms with E-state index in [4.69, 9.17) is 14.2 Å². The van der Waals surface area contributed by atoms with Crippen LogP contribution in [0.4, 0.5) is 0 Å². The second-order valence-electron chi connectivity index (χ2n) is 23.8. The zero-order valence-corrected chi connectivity index (χ0v) is 51.8. The van der Waals surface area contributed by atoms with Gasteiger partial charge in [-0.3, -0.25) is 14.4 Å². The van der Waals surface area contributed by atoms with Crippen molar-refractivity contribution in [1.82, 2.24) is 0 Å². The summed E-state index contributed by atoms with van der Waals surface area (Å²) >= 11 is 0. The van der Waals surface area contributed by atoms with Crippen molar-refractivity contribution in [1.29, 1.82) is 0 Å². The minimum Gasteiger partial charge on any atom is -0.462 e. The Labute approximate surface area is 475 Å². The van der Waals surface area contributed by atoms with Gasteiger partial charge in [0.2, 0.25) is 0 Å². The molecule has 0 aliphatic heterocycles. The fraction of sp³-hybridized carbons (Fsp3) is 0.929. The Bertz CT molecular complexity index is 1180. The molecular weight excluding hydrogens is 937 g/mol. The Hall–Kier alpha value is -1.85. The zero-order chi connectivity index (χ0) is 55.0. The SMILES string of the molecule is CCCCCCCCCC/C=C\CCCCCCCCCCCCCCCCCC(=O)OCC(COC(=O)CCCCCCCCCCCCC)OC(=O)CCCCCCCCCCCCCCCCCCCCCC. The van der Waals surface area contributed by atoms with Crippen LogP contribution in [0.1, 0.15) is 400 Å². The summed E-state index contributed by atoms with van der Waals surface area (Å²) in [6, 6.07) is 0. The second kappa shape index (κ2) is 65.7. The molecular formula is C70H134O6. The first-order chi connectivity index (χ1) is 37.5. The highest BCUT2D eigenvalue weighted by atomic mass is 16.6. The maximum Gasteiger partial charge on any atom is 0.306 e. The predicted molar refractivity (Wildman–Crippen MR) is 330 cm³/mol. The molecule has 0 aliphatic carbocycles. The maximum absolute atomic E-state index is 12.9. The van der Waals surface area contributed by atoms with Crippen LogP contribution in [-0.4, -0.2) is 37.2 Å². The quantitative estimate of drug-likeness (QED) is 0.0261. The van der Waals surface area contributed by atoms with Gasteiger partial charge in [-0.15, -0.1) is 0 Å². The molecule has 0 aliphatic rings. The van der Waals surface area contributed by atoms with E-state index in [1.165, 1.54) is 302 Å². The molecule has 450 valence electrons. The first-order valence-electron chi connectivity index (χ1n) is 34.7. The lowest BCUT2D eigenvalue weighted by Crippen LogP contribution is -2.30. The van der Waals surface area contributed by atoms with Gasteiger partial charge in [-0.05, 0) is 44.9 Å². The minimum atomic E-state index is -0.764. The number of rotatable bonds is 65. The molecule has 0 amide bonds. The van der Waals surface area contributed by atoms with Gasteiger partial charge in [0, 0.05) is 19.3 Å². The Morgan fingerprint density at radius 3 is 0.658 bits per heavy atom. The lowest BCUT2D eigenvalue weighted by molar-refractivity contribution is -0.167. The Balaban J connectivity index is 4.14. The van der Waals surface area contributed by atoms with Crippen molar-refractivity contribution in [3.05, 3.63) is 12.2 Å². The third-order valence-corrected chi connectivity index (χ3v) is 16.0. The topological polar surface area (TPSA) is 78.9 Å². The molecule has 6 nitrogen and oxygen atoms in total. The molecule has 0 rings (SSSR count). The van der Waals surface area contributed by atoms with Crippen LogP contribution in [0.3, 0.4) is 0 Å². The van der Waals surface area contributed by atoms with Gasteiger partial charge < -0.3 is 14.2 Å². The molecule has 1 unspecified atom stereocenters. The standard InChI is InChI=1S/C70H134O6/c1-4-7-10-13-16-19-22-24-26-28-30-32-33-34-35-36-37-38-40-41-43-45-48-51-54-57-60-63-69(72)75-66-67(65-74-68(71)62-59-56-53-50-47-21-18-15-12-9-6-3)76-70(73)64-61-58-55-52-49-46-44-42-39-31-29-27-25-23-20-17-14-11-8-5-2/h28,30,67H,4-27,29,31-66H2,1-3H3/b30-28-. The molecule has 0 radical (unpaired) electrons. The number of ether oxygens (including phenoxy) is 3. The van der Waals surface area contributed by atoms with E-state index in [9.17, 15) is 14.4 Å². The number of unbranched alkanes of at least 4 members (excludes halogenated alkanes) is 52. The van der Waals surface area contributed by atoms with Gasteiger partial charge >= 0.3 is 17.9 Å². The lowest BCUT2D eigenvalue weighted by atomic mass is 10.0. The van der Waals surface area contributed by atoms with Gasteiger partial charge in [-0.2, -0.15) is 0 Å². The first-order valence-corrected chi connectivity index (χ1v) is 34.7. The summed E-state index contributed by atoms with van der Waals surface area (Å²) in [4.78, 5) is 38.3. The smallest absolute Gasteiger partial charge is 0.306 e. The predicted octanol–water partition coefficient (Wildman–Crippen LogP) is 23.6. The van der Waals surface area contributed by atoms with Crippen molar-refractivity contribution in [3.8, 4) is 0 Å². The molecule has 0 aromatic carbocycles. The van der Waals surface area contributed by atoms with Crippen LogP contribution >= 0.6 is 0 Å². The highest BCUT2D eigenvalue weighted by molar-refractivity contribution is 5.71. The van der Waals surface area contributed by atoms with E-state index in [0.29, 0.717) is 19.3 Å². The van der Waals surface area contributed by atoms with Crippen molar-refractivity contribution >= 4 is 17.9 Å². The molecule has 6 heteroatoms. The minimum absolute atomic E-state index is 0.0626. The van der Waals surface area contributed by atoms with Gasteiger partial charge in [0.05, 0.1) is 0 Å². The lowest BCUT2D eigenvalue weighted by Gasteiger charge is -2.18. The van der Waals surface area contributed by atoms with E-state index in [0.717, 1.165) is 57.8 Å². The van der Waals surface area contributed by atoms with Gasteiger partial charge in [0.1, 0.15) is 13.2 Å². The molecule has 0 aromatic heterocycles. The Kier molecular flexibility index (Phi) is 64.1. The Morgan fingerprint density at radius 1 is 0.250 bits per heavy atom. The maximum atomic E-state index is 12.9. The molecule has 0 saturated carbocycles. The number of carbonyl (C=O) groups is 3. The third-order valence-electron chi connectivity index (χ3n) is 16.0. The van der Waals surface area contributed by atoms with Crippen LogP contribution in [0.2, 0.25) is 0 Å². The average Bonchev–Trinajstić information content (AvgIpc) is 3.42.